The highest BCUT2D eigenvalue weighted by atomic mass is 19.4. The molecule has 2 nitrogen and oxygen atoms in total. The van der Waals surface area contributed by atoms with Gasteiger partial charge >= 0.3 is 6.36 Å². The fourth-order valence-electron chi connectivity index (χ4n) is 1.79. The van der Waals surface area contributed by atoms with Crippen molar-refractivity contribution in [1.82, 2.24) is 0 Å². The topological polar surface area (TPSA) is 18.5 Å². The van der Waals surface area contributed by atoms with Gasteiger partial charge in [-0.15, -0.1) is 13.2 Å². The second kappa shape index (κ2) is 7.02. The standard InChI is InChI=1S/C16H14F3O2/c17-16(18,19)21-15-10-8-13(9-11-15)5-4-12-20-14-6-2-1-3-7-14/h2-3,6-11H,4-5,12H2. The molecule has 5 heteroatoms. The Bertz CT molecular complexity index is 536. The Balaban J connectivity index is 1.74. The number of hydrogen-bond donors (Lipinski definition) is 0. The molecule has 0 saturated heterocycles. The maximum atomic E-state index is 12.0. The van der Waals surface area contributed by atoms with Crippen LogP contribution in [0.1, 0.15) is 12.0 Å². The van der Waals surface area contributed by atoms with E-state index in [1.54, 1.807) is 24.3 Å². The predicted molar refractivity (Wildman–Crippen MR) is 72.2 cm³/mol. The molecule has 21 heavy (non-hydrogen) atoms. The van der Waals surface area contributed by atoms with Gasteiger partial charge in [0.15, 0.2) is 0 Å². The summed E-state index contributed by atoms with van der Waals surface area (Å²) >= 11 is 0. The van der Waals surface area contributed by atoms with E-state index in [1.807, 2.05) is 12.1 Å². The molecule has 2 rings (SSSR count). The highest BCUT2D eigenvalue weighted by Crippen LogP contribution is 2.23. The van der Waals surface area contributed by atoms with Crippen LogP contribution < -0.4 is 9.47 Å². The first-order valence-electron chi connectivity index (χ1n) is 6.46. The summed E-state index contributed by atoms with van der Waals surface area (Å²) in [4.78, 5) is 0. The summed E-state index contributed by atoms with van der Waals surface area (Å²) in [5.74, 6) is 0.575. The van der Waals surface area contributed by atoms with Crippen molar-refractivity contribution < 1.29 is 22.6 Å². The largest absolute Gasteiger partial charge is 0.573 e. The number of halogens is 3. The summed E-state index contributed by atoms with van der Waals surface area (Å²) in [5.41, 5.74) is 0.939. The monoisotopic (exact) mass is 295 g/mol. The van der Waals surface area contributed by atoms with Crippen LogP contribution in [0.4, 0.5) is 13.2 Å². The van der Waals surface area contributed by atoms with Crippen LogP contribution in [0, 0.1) is 6.07 Å². The van der Waals surface area contributed by atoms with Gasteiger partial charge in [-0.2, -0.15) is 0 Å². The SMILES string of the molecule is FC(F)(F)Oc1ccc(CCCOc2cc[c]cc2)cc1. The minimum Gasteiger partial charge on any atom is -0.494 e. The van der Waals surface area contributed by atoms with Crippen LogP contribution in [0.3, 0.4) is 0 Å². The Kier molecular flexibility index (Phi) is 5.09. The van der Waals surface area contributed by atoms with Gasteiger partial charge in [-0.05, 0) is 48.7 Å². The number of benzene rings is 2. The molecule has 1 radical (unpaired) electrons. The summed E-state index contributed by atoms with van der Waals surface area (Å²) in [6.07, 6.45) is -3.15. The van der Waals surface area contributed by atoms with E-state index in [4.69, 9.17) is 4.74 Å². The van der Waals surface area contributed by atoms with Gasteiger partial charge in [0, 0.05) is 0 Å². The molecule has 0 amide bonds. The lowest BCUT2D eigenvalue weighted by atomic mass is 10.1. The van der Waals surface area contributed by atoms with Crippen LogP contribution in [0.25, 0.3) is 0 Å². The highest BCUT2D eigenvalue weighted by molar-refractivity contribution is 5.27. The van der Waals surface area contributed by atoms with Crippen molar-refractivity contribution in [1.29, 1.82) is 0 Å². The van der Waals surface area contributed by atoms with Gasteiger partial charge in [-0.25, -0.2) is 0 Å². The molecule has 0 fully saturated rings. The molecule has 0 saturated carbocycles. The number of rotatable bonds is 6. The van der Waals surface area contributed by atoms with E-state index in [0.29, 0.717) is 6.61 Å². The lowest BCUT2D eigenvalue weighted by Crippen LogP contribution is -2.17. The molecule has 2 aromatic rings. The molecule has 0 heterocycles. The van der Waals surface area contributed by atoms with Gasteiger partial charge in [0.2, 0.25) is 0 Å². The normalized spacial score (nSPS) is 11.2. The average molecular weight is 295 g/mol. The lowest BCUT2D eigenvalue weighted by molar-refractivity contribution is -0.274. The maximum Gasteiger partial charge on any atom is 0.573 e. The van der Waals surface area contributed by atoms with Gasteiger partial charge in [0.05, 0.1) is 6.61 Å². The molecule has 0 spiro atoms. The molecule has 0 aliphatic heterocycles. The molecule has 111 valence electrons. The zero-order valence-electron chi connectivity index (χ0n) is 11.2. The Labute approximate surface area is 121 Å². The highest BCUT2D eigenvalue weighted by Gasteiger charge is 2.30. The van der Waals surface area contributed by atoms with Crippen molar-refractivity contribution in [2.75, 3.05) is 6.61 Å². The molecule has 0 atom stereocenters. The van der Waals surface area contributed by atoms with Gasteiger partial charge in [-0.1, -0.05) is 24.3 Å². The third-order valence-corrected chi connectivity index (χ3v) is 2.72. The molecule has 0 aromatic heterocycles. The van der Waals surface area contributed by atoms with E-state index in [-0.39, 0.29) is 5.75 Å². The number of alkyl halides is 3. The van der Waals surface area contributed by atoms with Crippen molar-refractivity contribution in [3.05, 3.63) is 60.2 Å². The number of ether oxygens (including phenoxy) is 2. The van der Waals surface area contributed by atoms with E-state index in [1.165, 1.54) is 12.1 Å². The summed E-state index contributed by atoms with van der Waals surface area (Å²) in [7, 11) is 0. The molecule has 2 aromatic carbocycles. The molecule has 0 aliphatic carbocycles. The van der Waals surface area contributed by atoms with Gasteiger partial charge in [0.25, 0.3) is 0 Å². The maximum absolute atomic E-state index is 12.0. The predicted octanol–water partition coefficient (Wildman–Crippen LogP) is 4.40. The fourth-order valence-corrected chi connectivity index (χ4v) is 1.79. The van der Waals surface area contributed by atoms with E-state index in [9.17, 15) is 13.2 Å². The van der Waals surface area contributed by atoms with E-state index in [0.717, 1.165) is 24.2 Å². The zero-order chi connectivity index (χ0) is 15.1. The summed E-state index contributed by atoms with van der Waals surface area (Å²) in [6.45, 7) is 0.546. The van der Waals surface area contributed by atoms with Crippen LogP contribution in [-0.2, 0) is 6.42 Å². The Morgan fingerprint density at radius 2 is 1.57 bits per heavy atom. The summed E-state index contributed by atoms with van der Waals surface area (Å²) in [5, 5.41) is 0. The van der Waals surface area contributed by atoms with Crippen LogP contribution in [0.15, 0.2) is 48.5 Å². The van der Waals surface area contributed by atoms with Crippen molar-refractivity contribution in [2.45, 2.75) is 19.2 Å². The molecule has 0 N–H and O–H groups in total. The van der Waals surface area contributed by atoms with E-state index >= 15 is 0 Å². The first-order chi connectivity index (χ1) is 10.0. The summed E-state index contributed by atoms with van der Waals surface area (Å²) < 4.78 is 45.4. The third kappa shape index (κ3) is 5.77. The van der Waals surface area contributed by atoms with Crippen molar-refractivity contribution >= 4 is 0 Å². The second-order valence-electron chi connectivity index (χ2n) is 4.38. The number of aryl methyl sites for hydroxylation is 1. The van der Waals surface area contributed by atoms with Gasteiger partial charge < -0.3 is 9.47 Å². The molecule has 0 aliphatic rings. The lowest BCUT2D eigenvalue weighted by Gasteiger charge is -2.09. The Morgan fingerprint density at radius 3 is 2.19 bits per heavy atom. The van der Waals surface area contributed by atoms with Crippen LogP contribution in [-0.4, -0.2) is 13.0 Å². The Hall–Kier alpha value is -2.17. The molecular formula is C16H14F3O2. The summed E-state index contributed by atoms with van der Waals surface area (Å²) in [6, 6.07) is 16.0. The third-order valence-electron chi connectivity index (χ3n) is 2.72. The number of hydrogen-bond acceptors (Lipinski definition) is 2. The molecule has 0 unspecified atom stereocenters. The van der Waals surface area contributed by atoms with Crippen LogP contribution in [0.2, 0.25) is 0 Å². The van der Waals surface area contributed by atoms with Crippen molar-refractivity contribution in [2.24, 2.45) is 0 Å². The minimum atomic E-state index is -4.65. The molecule has 0 bridgehead atoms. The van der Waals surface area contributed by atoms with Crippen molar-refractivity contribution in [3.63, 3.8) is 0 Å². The van der Waals surface area contributed by atoms with Crippen LogP contribution >= 0.6 is 0 Å². The van der Waals surface area contributed by atoms with Gasteiger partial charge in [0.1, 0.15) is 11.5 Å². The van der Waals surface area contributed by atoms with Crippen LogP contribution in [0.5, 0.6) is 11.5 Å². The average Bonchev–Trinajstić information content (AvgIpc) is 2.45. The smallest absolute Gasteiger partial charge is 0.494 e. The van der Waals surface area contributed by atoms with E-state index < -0.39 is 6.36 Å². The first kappa shape index (κ1) is 15.2. The minimum absolute atomic E-state index is 0.206. The molecular weight excluding hydrogens is 281 g/mol. The second-order valence-corrected chi connectivity index (χ2v) is 4.38. The quantitative estimate of drug-likeness (QED) is 0.735. The van der Waals surface area contributed by atoms with Gasteiger partial charge in [-0.3, -0.25) is 0 Å². The van der Waals surface area contributed by atoms with Crippen molar-refractivity contribution in [3.8, 4) is 11.5 Å². The van der Waals surface area contributed by atoms with E-state index in [2.05, 4.69) is 10.8 Å². The first-order valence-corrected chi connectivity index (χ1v) is 6.46. The Morgan fingerprint density at radius 1 is 0.905 bits per heavy atom. The zero-order valence-corrected chi connectivity index (χ0v) is 11.2. The fraction of sp³-hybridized carbons (Fsp3) is 0.250.